The van der Waals surface area contributed by atoms with Crippen molar-refractivity contribution in [1.29, 1.82) is 0 Å². The van der Waals surface area contributed by atoms with Gasteiger partial charge in [0.25, 0.3) is 0 Å². The molecule has 4 heteroatoms. The fourth-order valence-corrected chi connectivity index (χ4v) is 1.15. The lowest BCUT2D eigenvalue weighted by molar-refractivity contribution is 0.111. The highest BCUT2D eigenvalue weighted by atomic mass is 79.9. The fourth-order valence-electron chi connectivity index (χ4n) is 0.752. The Morgan fingerprint density at radius 2 is 2.25 bits per heavy atom. The van der Waals surface area contributed by atoms with Gasteiger partial charge in [-0.3, -0.25) is 4.79 Å². The summed E-state index contributed by atoms with van der Waals surface area (Å²) in [5.41, 5.74) is -0.246. The fraction of sp³-hybridized carbons (Fsp3) is 0. The van der Waals surface area contributed by atoms with E-state index in [4.69, 9.17) is 6.57 Å². The number of halogens is 2. The lowest BCUT2D eigenvalue weighted by atomic mass is 10.2. The average molecular weight is 228 g/mol. The van der Waals surface area contributed by atoms with Gasteiger partial charge in [-0.1, -0.05) is 28.1 Å². The highest BCUT2D eigenvalue weighted by molar-refractivity contribution is 9.10. The van der Waals surface area contributed by atoms with Crippen molar-refractivity contribution in [1.82, 2.24) is 0 Å². The zero-order valence-electron chi connectivity index (χ0n) is 5.84. The lowest BCUT2D eigenvalue weighted by Gasteiger charge is -1.98. The van der Waals surface area contributed by atoms with Gasteiger partial charge in [-0.2, -0.15) is 0 Å². The molecule has 2 nitrogen and oxygen atoms in total. The van der Waals surface area contributed by atoms with Gasteiger partial charge in [0.05, 0.1) is 12.1 Å². The van der Waals surface area contributed by atoms with Gasteiger partial charge >= 0.3 is 0 Å². The minimum atomic E-state index is -0.769. The molecular formula is C8H3BrFNO. The van der Waals surface area contributed by atoms with Gasteiger partial charge in [-0.25, -0.2) is 9.24 Å². The molecule has 1 aromatic rings. The second kappa shape index (κ2) is 3.46. The van der Waals surface area contributed by atoms with Crippen LogP contribution in [0.1, 0.15) is 10.4 Å². The molecular weight excluding hydrogens is 225 g/mol. The zero-order chi connectivity index (χ0) is 9.14. The van der Waals surface area contributed by atoms with Gasteiger partial charge in [0.1, 0.15) is 5.82 Å². The highest BCUT2D eigenvalue weighted by Gasteiger charge is 2.10. The van der Waals surface area contributed by atoms with Crippen molar-refractivity contribution < 1.29 is 9.18 Å². The molecule has 0 N–H and O–H groups in total. The summed E-state index contributed by atoms with van der Waals surface area (Å²) in [5, 5.41) is 0. The standard InChI is InChI=1S/C8H3BrFNO/c1-11-7-3-2-6(9)5(4-12)8(7)10/h2-4H. The molecule has 0 aromatic heterocycles. The summed E-state index contributed by atoms with van der Waals surface area (Å²) in [6, 6.07) is 2.79. The van der Waals surface area contributed by atoms with E-state index in [1.807, 2.05) is 0 Å². The molecule has 0 saturated carbocycles. The van der Waals surface area contributed by atoms with Crippen LogP contribution in [0, 0.1) is 12.4 Å². The normalized spacial score (nSPS) is 9.08. The summed E-state index contributed by atoms with van der Waals surface area (Å²) >= 11 is 3.00. The van der Waals surface area contributed by atoms with Gasteiger partial charge in [0.2, 0.25) is 5.69 Å². The smallest absolute Gasteiger partial charge is 0.222 e. The first-order valence-corrected chi connectivity index (χ1v) is 3.80. The third-order valence-electron chi connectivity index (χ3n) is 1.34. The van der Waals surface area contributed by atoms with Crippen LogP contribution in [0.25, 0.3) is 4.85 Å². The van der Waals surface area contributed by atoms with Crippen LogP contribution in [0.3, 0.4) is 0 Å². The molecule has 60 valence electrons. The predicted octanol–water partition coefficient (Wildman–Crippen LogP) is 2.95. The van der Waals surface area contributed by atoms with E-state index < -0.39 is 5.82 Å². The molecule has 0 spiro atoms. The molecule has 0 radical (unpaired) electrons. The van der Waals surface area contributed by atoms with Crippen LogP contribution in [0.5, 0.6) is 0 Å². The van der Waals surface area contributed by atoms with E-state index in [2.05, 4.69) is 20.8 Å². The zero-order valence-corrected chi connectivity index (χ0v) is 7.43. The summed E-state index contributed by atoms with van der Waals surface area (Å²) in [6.45, 7) is 6.58. The summed E-state index contributed by atoms with van der Waals surface area (Å²) in [7, 11) is 0. The predicted molar refractivity (Wildman–Crippen MR) is 45.7 cm³/mol. The minimum absolute atomic E-state index is 0.108. The number of carbonyl (C=O) groups excluding carboxylic acids is 1. The minimum Gasteiger partial charge on any atom is -0.298 e. The van der Waals surface area contributed by atoms with Crippen molar-refractivity contribution in [3.63, 3.8) is 0 Å². The first kappa shape index (κ1) is 8.88. The van der Waals surface area contributed by atoms with E-state index in [0.29, 0.717) is 10.8 Å². The Hall–Kier alpha value is -1.21. The molecule has 0 heterocycles. The molecule has 0 aliphatic rings. The maximum atomic E-state index is 13.1. The van der Waals surface area contributed by atoms with Gasteiger partial charge in [-0.05, 0) is 0 Å². The van der Waals surface area contributed by atoms with Crippen LogP contribution < -0.4 is 0 Å². The SMILES string of the molecule is [C-]#[N+]c1ccc(Br)c(C=O)c1F. The van der Waals surface area contributed by atoms with Crippen LogP contribution in [0.2, 0.25) is 0 Å². The molecule has 0 aliphatic heterocycles. The second-order valence-corrected chi connectivity index (χ2v) is 2.88. The van der Waals surface area contributed by atoms with Crippen LogP contribution in [0.4, 0.5) is 10.1 Å². The van der Waals surface area contributed by atoms with Crippen molar-refractivity contribution in [3.8, 4) is 0 Å². The second-order valence-electron chi connectivity index (χ2n) is 2.02. The third-order valence-corrected chi connectivity index (χ3v) is 2.04. The van der Waals surface area contributed by atoms with Crippen LogP contribution >= 0.6 is 15.9 Å². The van der Waals surface area contributed by atoms with Crippen LogP contribution in [-0.2, 0) is 0 Å². The number of carbonyl (C=O) groups is 1. The molecule has 0 atom stereocenters. The van der Waals surface area contributed by atoms with Gasteiger partial charge in [0.15, 0.2) is 6.29 Å². The molecule has 0 aliphatic carbocycles. The van der Waals surface area contributed by atoms with Gasteiger partial charge in [-0.15, -0.1) is 0 Å². The number of benzene rings is 1. The number of nitrogens with zero attached hydrogens (tertiary/aromatic N) is 1. The molecule has 0 unspecified atom stereocenters. The Morgan fingerprint density at radius 3 is 2.75 bits per heavy atom. The maximum absolute atomic E-state index is 13.1. The summed E-state index contributed by atoms with van der Waals surface area (Å²) < 4.78 is 13.4. The van der Waals surface area contributed by atoms with Gasteiger partial charge in [0, 0.05) is 4.47 Å². The van der Waals surface area contributed by atoms with E-state index in [1.54, 1.807) is 0 Å². The van der Waals surface area contributed by atoms with Crippen molar-refractivity contribution in [2.24, 2.45) is 0 Å². The number of rotatable bonds is 1. The average Bonchev–Trinajstić information content (AvgIpc) is 2.06. The van der Waals surface area contributed by atoms with E-state index >= 15 is 0 Å². The highest BCUT2D eigenvalue weighted by Crippen LogP contribution is 2.26. The quantitative estimate of drug-likeness (QED) is 0.534. The summed E-state index contributed by atoms with van der Waals surface area (Å²) in [6.07, 6.45) is 0.383. The molecule has 1 rings (SSSR count). The third kappa shape index (κ3) is 1.36. The number of hydrogen-bond donors (Lipinski definition) is 0. The maximum Gasteiger partial charge on any atom is 0.222 e. The molecule has 0 fully saturated rings. The van der Waals surface area contributed by atoms with E-state index in [-0.39, 0.29) is 11.3 Å². The largest absolute Gasteiger partial charge is 0.298 e. The van der Waals surface area contributed by atoms with Crippen LogP contribution in [-0.4, -0.2) is 6.29 Å². The molecule has 0 saturated heterocycles. The van der Waals surface area contributed by atoms with Gasteiger partial charge < -0.3 is 0 Å². The number of aldehydes is 1. The van der Waals surface area contributed by atoms with E-state index in [9.17, 15) is 9.18 Å². The monoisotopic (exact) mass is 227 g/mol. The summed E-state index contributed by atoms with van der Waals surface area (Å²) in [4.78, 5) is 13.3. The first-order chi connectivity index (χ1) is 5.70. The molecule has 1 aromatic carbocycles. The Morgan fingerprint density at radius 1 is 1.58 bits per heavy atom. The van der Waals surface area contributed by atoms with Crippen molar-refractivity contribution >= 4 is 27.9 Å². The Balaban J connectivity index is 3.46. The van der Waals surface area contributed by atoms with Crippen molar-refractivity contribution in [2.75, 3.05) is 0 Å². The van der Waals surface area contributed by atoms with Crippen LogP contribution in [0.15, 0.2) is 16.6 Å². The molecule has 12 heavy (non-hydrogen) atoms. The Bertz CT molecular complexity index is 370. The summed E-state index contributed by atoms with van der Waals surface area (Å²) in [5.74, 6) is -0.769. The number of hydrogen-bond acceptors (Lipinski definition) is 1. The Kier molecular flexibility index (Phi) is 2.56. The Labute approximate surface area is 77.0 Å². The topological polar surface area (TPSA) is 21.4 Å². The lowest BCUT2D eigenvalue weighted by Crippen LogP contribution is -1.88. The first-order valence-electron chi connectivity index (χ1n) is 3.01. The van der Waals surface area contributed by atoms with Crippen molar-refractivity contribution in [3.05, 3.63) is 39.4 Å². The molecule has 0 bridgehead atoms. The van der Waals surface area contributed by atoms with E-state index in [0.717, 1.165) is 0 Å². The van der Waals surface area contributed by atoms with E-state index in [1.165, 1.54) is 12.1 Å². The van der Waals surface area contributed by atoms with Crippen molar-refractivity contribution in [2.45, 2.75) is 0 Å². The molecule has 0 amide bonds.